The predicted octanol–water partition coefficient (Wildman–Crippen LogP) is 1.52. The van der Waals surface area contributed by atoms with Gasteiger partial charge in [-0.05, 0) is 56.0 Å². The van der Waals surface area contributed by atoms with Crippen molar-refractivity contribution in [2.75, 3.05) is 18.4 Å². The number of hydrogen-bond donors (Lipinski definition) is 3. The Kier molecular flexibility index (Phi) is 5.01. The van der Waals surface area contributed by atoms with E-state index in [2.05, 4.69) is 17.0 Å². The molecule has 0 bridgehead atoms. The molecule has 1 saturated carbocycles. The molecule has 1 fully saturated rings. The minimum absolute atomic E-state index is 0.134. The lowest BCUT2D eigenvalue weighted by atomic mass is 10.1. The van der Waals surface area contributed by atoms with Gasteiger partial charge in [0, 0.05) is 18.3 Å². The van der Waals surface area contributed by atoms with Crippen LogP contribution in [0.2, 0.25) is 0 Å². The van der Waals surface area contributed by atoms with Crippen LogP contribution in [-0.4, -0.2) is 27.5 Å². The fourth-order valence-corrected chi connectivity index (χ4v) is 3.22. The van der Waals surface area contributed by atoms with E-state index >= 15 is 0 Å². The van der Waals surface area contributed by atoms with Gasteiger partial charge in [0.1, 0.15) is 0 Å². The quantitative estimate of drug-likeness (QED) is 0.679. The van der Waals surface area contributed by atoms with E-state index in [0.29, 0.717) is 17.4 Å². The fourth-order valence-electron chi connectivity index (χ4n) is 1.92. The molecule has 5 nitrogen and oxygen atoms in total. The zero-order chi connectivity index (χ0) is 14.6. The van der Waals surface area contributed by atoms with Crippen molar-refractivity contribution in [2.24, 2.45) is 11.7 Å². The lowest BCUT2D eigenvalue weighted by Crippen LogP contribution is -2.25. The monoisotopic (exact) mass is 297 g/mol. The zero-order valence-electron chi connectivity index (χ0n) is 11.8. The van der Waals surface area contributed by atoms with Crippen molar-refractivity contribution in [1.29, 1.82) is 0 Å². The summed E-state index contributed by atoms with van der Waals surface area (Å²) < 4.78 is 26.7. The van der Waals surface area contributed by atoms with Crippen molar-refractivity contribution >= 4 is 15.7 Å². The second kappa shape index (κ2) is 6.56. The molecule has 2 rings (SSSR count). The maximum absolute atomic E-state index is 12.0. The molecule has 1 unspecified atom stereocenters. The van der Waals surface area contributed by atoms with Crippen LogP contribution in [0.5, 0.6) is 0 Å². The van der Waals surface area contributed by atoms with Gasteiger partial charge in [-0.15, -0.1) is 0 Å². The molecule has 1 aliphatic rings. The Labute approximate surface area is 121 Å². The summed E-state index contributed by atoms with van der Waals surface area (Å²) in [7, 11) is -3.35. The fraction of sp³-hybridized carbons (Fsp3) is 0.571. The maximum Gasteiger partial charge on any atom is 0.240 e. The van der Waals surface area contributed by atoms with E-state index in [1.807, 2.05) is 0 Å². The number of rotatable bonds is 8. The summed E-state index contributed by atoms with van der Waals surface area (Å²) in [5.74, 6) is 0.500. The average molecular weight is 297 g/mol. The van der Waals surface area contributed by atoms with Crippen molar-refractivity contribution in [1.82, 2.24) is 4.72 Å². The minimum Gasteiger partial charge on any atom is -0.385 e. The summed E-state index contributed by atoms with van der Waals surface area (Å²) in [5.41, 5.74) is 6.44. The van der Waals surface area contributed by atoms with Gasteiger partial charge in [0.25, 0.3) is 0 Å². The first-order valence-corrected chi connectivity index (χ1v) is 8.56. The van der Waals surface area contributed by atoms with Crippen LogP contribution >= 0.6 is 0 Å². The normalized spacial score (nSPS) is 16.9. The summed E-state index contributed by atoms with van der Waals surface area (Å²) in [4.78, 5) is 0.324. The highest BCUT2D eigenvalue weighted by molar-refractivity contribution is 7.89. The molecule has 6 heteroatoms. The summed E-state index contributed by atoms with van der Waals surface area (Å²) >= 11 is 0. The van der Waals surface area contributed by atoms with Crippen LogP contribution in [0.4, 0.5) is 5.69 Å². The van der Waals surface area contributed by atoms with Crippen molar-refractivity contribution < 1.29 is 8.42 Å². The number of anilines is 1. The molecule has 0 spiro atoms. The standard InChI is InChI=1S/C14H23N3O2S/c1-11(8-9-15)10-16-12-4-6-14(7-5-12)20(18,19)17-13-2-3-13/h4-7,11,13,16-17H,2-3,8-10,15H2,1H3. The first-order chi connectivity index (χ1) is 9.51. The molecule has 1 aromatic rings. The van der Waals surface area contributed by atoms with Crippen molar-refractivity contribution in [3.05, 3.63) is 24.3 Å². The van der Waals surface area contributed by atoms with Crippen LogP contribution in [0.25, 0.3) is 0 Å². The summed E-state index contributed by atoms with van der Waals surface area (Å²) in [6.45, 7) is 3.66. The molecule has 1 aliphatic carbocycles. The Balaban J connectivity index is 1.92. The van der Waals surface area contributed by atoms with E-state index in [-0.39, 0.29) is 6.04 Å². The molecule has 1 aromatic carbocycles. The van der Waals surface area contributed by atoms with E-state index in [1.165, 1.54) is 0 Å². The first-order valence-electron chi connectivity index (χ1n) is 7.07. The molecule has 1 atom stereocenters. The van der Waals surface area contributed by atoms with E-state index in [9.17, 15) is 8.42 Å². The van der Waals surface area contributed by atoms with Crippen LogP contribution in [0.1, 0.15) is 26.2 Å². The molecular weight excluding hydrogens is 274 g/mol. The van der Waals surface area contributed by atoms with Crippen molar-refractivity contribution in [2.45, 2.75) is 37.1 Å². The van der Waals surface area contributed by atoms with E-state index in [4.69, 9.17) is 5.73 Å². The second-order valence-electron chi connectivity index (χ2n) is 5.48. The summed E-state index contributed by atoms with van der Waals surface area (Å²) in [6.07, 6.45) is 2.86. The third-order valence-electron chi connectivity index (χ3n) is 3.38. The highest BCUT2D eigenvalue weighted by Gasteiger charge is 2.27. The zero-order valence-corrected chi connectivity index (χ0v) is 12.6. The highest BCUT2D eigenvalue weighted by Crippen LogP contribution is 2.22. The van der Waals surface area contributed by atoms with E-state index in [0.717, 1.165) is 31.5 Å². The van der Waals surface area contributed by atoms with Gasteiger partial charge >= 0.3 is 0 Å². The van der Waals surface area contributed by atoms with E-state index < -0.39 is 10.0 Å². The van der Waals surface area contributed by atoms with Gasteiger partial charge in [-0.25, -0.2) is 13.1 Å². The Morgan fingerprint density at radius 2 is 1.95 bits per heavy atom. The Bertz CT molecular complexity index is 524. The molecule has 112 valence electrons. The SMILES string of the molecule is CC(CCN)CNc1ccc(S(=O)(=O)NC2CC2)cc1. The second-order valence-corrected chi connectivity index (χ2v) is 7.20. The Hall–Kier alpha value is -1.11. The third kappa shape index (κ3) is 4.47. The van der Waals surface area contributed by atoms with Crippen LogP contribution in [-0.2, 0) is 10.0 Å². The molecule has 0 aromatic heterocycles. The molecule has 4 N–H and O–H groups in total. The summed E-state index contributed by atoms with van der Waals surface area (Å²) in [6, 6.07) is 7.02. The highest BCUT2D eigenvalue weighted by atomic mass is 32.2. The van der Waals surface area contributed by atoms with Gasteiger partial charge in [-0.1, -0.05) is 6.92 Å². The summed E-state index contributed by atoms with van der Waals surface area (Å²) in [5, 5.41) is 3.29. The number of nitrogens with one attached hydrogen (secondary N) is 2. The Morgan fingerprint density at radius 1 is 1.30 bits per heavy atom. The molecule has 0 heterocycles. The van der Waals surface area contributed by atoms with E-state index in [1.54, 1.807) is 24.3 Å². The van der Waals surface area contributed by atoms with Gasteiger partial charge in [-0.2, -0.15) is 0 Å². The lowest BCUT2D eigenvalue weighted by molar-refractivity contribution is 0.568. The van der Waals surface area contributed by atoms with Crippen molar-refractivity contribution in [3.8, 4) is 0 Å². The number of benzene rings is 1. The number of sulfonamides is 1. The molecule has 20 heavy (non-hydrogen) atoms. The maximum atomic E-state index is 12.0. The third-order valence-corrected chi connectivity index (χ3v) is 4.91. The largest absolute Gasteiger partial charge is 0.385 e. The van der Waals surface area contributed by atoms with Gasteiger partial charge in [0.2, 0.25) is 10.0 Å². The van der Waals surface area contributed by atoms with Crippen LogP contribution in [0.15, 0.2) is 29.2 Å². The number of nitrogens with two attached hydrogens (primary N) is 1. The molecular formula is C14H23N3O2S. The van der Waals surface area contributed by atoms with Crippen LogP contribution < -0.4 is 15.8 Å². The van der Waals surface area contributed by atoms with Gasteiger partial charge in [0.05, 0.1) is 4.90 Å². The molecule has 0 saturated heterocycles. The molecule has 0 radical (unpaired) electrons. The van der Waals surface area contributed by atoms with Crippen LogP contribution in [0, 0.1) is 5.92 Å². The Morgan fingerprint density at radius 3 is 2.50 bits per heavy atom. The molecule has 0 aliphatic heterocycles. The topological polar surface area (TPSA) is 84.2 Å². The smallest absolute Gasteiger partial charge is 0.240 e. The molecule has 0 amide bonds. The lowest BCUT2D eigenvalue weighted by Gasteiger charge is -2.13. The number of hydrogen-bond acceptors (Lipinski definition) is 4. The average Bonchev–Trinajstić information content (AvgIpc) is 3.20. The van der Waals surface area contributed by atoms with Gasteiger partial charge < -0.3 is 11.1 Å². The van der Waals surface area contributed by atoms with Crippen LogP contribution in [0.3, 0.4) is 0 Å². The minimum atomic E-state index is -3.35. The van der Waals surface area contributed by atoms with Crippen molar-refractivity contribution in [3.63, 3.8) is 0 Å². The predicted molar refractivity (Wildman–Crippen MR) is 81.1 cm³/mol. The first kappa shape index (κ1) is 15.3. The van der Waals surface area contributed by atoms with Gasteiger partial charge in [-0.3, -0.25) is 0 Å². The van der Waals surface area contributed by atoms with Gasteiger partial charge in [0.15, 0.2) is 0 Å².